The highest BCUT2D eigenvalue weighted by molar-refractivity contribution is 6.16. The van der Waals surface area contributed by atoms with E-state index in [-0.39, 0.29) is 6.17 Å². The van der Waals surface area contributed by atoms with Crippen LogP contribution >= 0.6 is 0 Å². The molecule has 3 aromatic carbocycles. The molecule has 2 heterocycles. The average molecular weight is 356 g/mol. The lowest BCUT2D eigenvalue weighted by molar-refractivity contribution is 0.666. The maximum atomic E-state index is 6.23. The van der Waals surface area contributed by atoms with E-state index in [9.17, 15) is 0 Å². The van der Waals surface area contributed by atoms with Crippen LogP contribution in [0.25, 0.3) is 21.9 Å². The summed E-state index contributed by atoms with van der Waals surface area (Å²) in [4.78, 5) is 4.82. The van der Waals surface area contributed by atoms with Crippen molar-refractivity contribution in [3.05, 3.63) is 65.2 Å². The molecule has 0 fully saturated rings. The fourth-order valence-electron chi connectivity index (χ4n) is 4.42. The van der Waals surface area contributed by atoms with Gasteiger partial charge >= 0.3 is 0 Å². The summed E-state index contributed by atoms with van der Waals surface area (Å²) >= 11 is 0. The predicted octanol–water partition coefficient (Wildman–Crippen LogP) is 6.45. The maximum absolute atomic E-state index is 6.23. The molecular formula is C24H24N2O. The van der Waals surface area contributed by atoms with Gasteiger partial charge in [-0.2, -0.15) is 0 Å². The molecule has 5 rings (SSSR count). The van der Waals surface area contributed by atoms with Gasteiger partial charge in [-0.15, -0.1) is 0 Å². The third kappa shape index (κ3) is 2.14. The highest BCUT2D eigenvalue weighted by Gasteiger charge is 2.35. The molecule has 1 aliphatic heterocycles. The van der Waals surface area contributed by atoms with Crippen LogP contribution in [0.3, 0.4) is 0 Å². The van der Waals surface area contributed by atoms with Crippen LogP contribution in [-0.2, 0) is 0 Å². The number of fused-ring (bicyclic) bond motifs is 5. The smallest absolute Gasteiger partial charge is 0.138 e. The molecule has 0 bridgehead atoms. The number of para-hydroxylation sites is 1. The Morgan fingerprint density at radius 3 is 2.52 bits per heavy atom. The summed E-state index contributed by atoms with van der Waals surface area (Å²) in [5, 5.41) is 2.41. The number of furan rings is 1. The van der Waals surface area contributed by atoms with Gasteiger partial charge in [-0.3, -0.25) is 0 Å². The van der Waals surface area contributed by atoms with E-state index in [0.717, 1.165) is 11.2 Å². The molecule has 0 aliphatic carbocycles. The van der Waals surface area contributed by atoms with Crippen LogP contribution in [-0.4, -0.2) is 13.2 Å². The Balaban J connectivity index is 1.84. The lowest BCUT2D eigenvalue weighted by Crippen LogP contribution is -2.36. The van der Waals surface area contributed by atoms with Crippen LogP contribution < -0.4 is 9.80 Å². The lowest BCUT2D eigenvalue weighted by atomic mass is 10.1. The maximum Gasteiger partial charge on any atom is 0.138 e. The van der Waals surface area contributed by atoms with E-state index in [0.29, 0.717) is 0 Å². The first-order valence-electron chi connectivity index (χ1n) is 9.51. The average Bonchev–Trinajstić information content (AvgIpc) is 3.14. The van der Waals surface area contributed by atoms with Gasteiger partial charge in [0.1, 0.15) is 17.3 Å². The Morgan fingerprint density at radius 1 is 0.889 bits per heavy atom. The number of benzene rings is 3. The molecule has 0 N–H and O–H groups in total. The normalized spacial score (nSPS) is 16.6. The van der Waals surface area contributed by atoms with Gasteiger partial charge in [-0.1, -0.05) is 30.3 Å². The third-order valence-electron chi connectivity index (χ3n) is 5.98. The van der Waals surface area contributed by atoms with Gasteiger partial charge in [0.2, 0.25) is 0 Å². The predicted molar refractivity (Wildman–Crippen MR) is 114 cm³/mol. The summed E-state index contributed by atoms with van der Waals surface area (Å²) in [5.74, 6) is 0. The van der Waals surface area contributed by atoms with Crippen LogP contribution in [0.15, 0.2) is 52.9 Å². The minimum Gasteiger partial charge on any atom is -0.456 e. The van der Waals surface area contributed by atoms with Gasteiger partial charge in [0, 0.05) is 18.1 Å². The molecule has 0 saturated heterocycles. The molecule has 0 amide bonds. The summed E-state index contributed by atoms with van der Waals surface area (Å²) < 4.78 is 6.23. The van der Waals surface area contributed by atoms with Gasteiger partial charge in [0.05, 0.1) is 16.8 Å². The van der Waals surface area contributed by atoms with E-state index in [2.05, 4.69) is 93.1 Å². The largest absolute Gasteiger partial charge is 0.456 e. The van der Waals surface area contributed by atoms with Crippen molar-refractivity contribution < 1.29 is 4.42 Å². The molecule has 0 radical (unpaired) electrons. The van der Waals surface area contributed by atoms with Crippen molar-refractivity contribution >= 4 is 39.0 Å². The SMILES string of the molecule is Cc1ccc(C)c(N2c3ccc4oc5c(C)cccc5c4c3N(C)[C@@H]2C)c1. The topological polar surface area (TPSA) is 19.6 Å². The first-order chi connectivity index (χ1) is 13.0. The van der Waals surface area contributed by atoms with E-state index < -0.39 is 0 Å². The molecule has 27 heavy (non-hydrogen) atoms. The van der Waals surface area contributed by atoms with Crippen molar-refractivity contribution in [1.82, 2.24) is 0 Å². The minimum atomic E-state index is 0.237. The highest BCUT2D eigenvalue weighted by Crippen LogP contribution is 2.50. The van der Waals surface area contributed by atoms with Gasteiger partial charge in [0.25, 0.3) is 0 Å². The van der Waals surface area contributed by atoms with Gasteiger partial charge in [-0.25, -0.2) is 0 Å². The molecule has 0 spiro atoms. The van der Waals surface area contributed by atoms with E-state index in [1.807, 2.05) is 0 Å². The zero-order valence-corrected chi connectivity index (χ0v) is 16.5. The van der Waals surface area contributed by atoms with E-state index in [1.165, 1.54) is 44.5 Å². The van der Waals surface area contributed by atoms with Crippen LogP contribution in [0.1, 0.15) is 23.6 Å². The highest BCUT2D eigenvalue weighted by atomic mass is 16.3. The van der Waals surface area contributed by atoms with Gasteiger partial charge in [0.15, 0.2) is 0 Å². The Labute approximate surface area is 159 Å². The summed E-state index contributed by atoms with van der Waals surface area (Å²) in [5.41, 5.74) is 9.48. The number of anilines is 3. The number of hydrogen-bond donors (Lipinski definition) is 0. The monoisotopic (exact) mass is 356 g/mol. The summed E-state index contributed by atoms with van der Waals surface area (Å²) in [6.07, 6.45) is 0.237. The molecule has 1 atom stereocenters. The van der Waals surface area contributed by atoms with Crippen molar-refractivity contribution in [3.8, 4) is 0 Å². The Bertz CT molecular complexity index is 1200. The molecule has 3 nitrogen and oxygen atoms in total. The van der Waals surface area contributed by atoms with Crippen LogP contribution in [0, 0.1) is 20.8 Å². The fourth-order valence-corrected chi connectivity index (χ4v) is 4.42. The Hall–Kier alpha value is -2.94. The van der Waals surface area contributed by atoms with Crippen LogP contribution in [0.5, 0.6) is 0 Å². The Kier molecular flexibility index (Phi) is 3.33. The molecule has 0 saturated carbocycles. The lowest BCUT2D eigenvalue weighted by Gasteiger charge is -2.29. The van der Waals surface area contributed by atoms with Crippen LogP contribution in [0.2, 0.25) is 0 Å². The van der Waals surface area contributed by atoms with Crippen molar-refractivity contribution in [2.75, 3.05) is 16.8 Å². The van der Waals surface area contributed by atoms with Crippen LogP contribution in [0.4, 0.5) is 17.1 Å². The second-order valence-electron chi connectivity index (χ2n) is 7.76. The second-order valence-corrected chi connectivity index (χ2v) is 7.76. The fraction of sp³-hybridized carbons (Fsp3) is 0.250. The molecule has 1 aromatic heterocycles. The summed E-state index contributed by atoms with van der Waals surface area (Å²) in [7, 11) is 2.18. The minimum absolute atomic E-state index is 0.237. The third-order valence-corrected chi connectivity index (χ3v) is 5.98. The number of nitrogens with zero attached hydrogens (tertiary/aromatic N) is 2. The molecule has 136 valence electrons. The Morgan fingerprint density at radius 2 is 1.70 bits per heavy atom. The van der Waals surface area contributed by atoms with Gasteiger partial charge < -0.3 is 14.2 Å². The van der Waals surface area contributed by atoms with Gasteiger partial charge in [-0.05, 0) is 62.6 Å². The molecule has 4 aromatic rings. The summed E-state index contributed by atoms with van der Waals surface area (Å²) in [6.45, 7) is 8.72. The van der Waals surface area contributed by atoms with E-state index in [1.54, 1.807) is 0 Å². The number of hydrogen-bond acceptors (Lipinski definition) is 3. The standard InChI is InChI=1S/C24H24N2O/c1-14-9-10-15(2)20(13-14)26-17(4)25(5)23-19(26)11-12-21-22(23)18-8-6-7-16(3)24(18)27-21/h6-13,17H,1-5H3/t17-/m0/s1. The van der Waals surface area contributed by atoms with Crippen molar-refractivity contribution in [2.24, 2.45) is 0 Å². The first kappa shape index (κ1) is 16.2. The number of aryl methyl sites for hydroxylation is 3. The zero-order valence-electron chi connectivity index (χ0n) is 16.5. The first-order valence-corrected chi connectivity index (χ1v) is 9.51. The van der Waals surface area contributed by atoms with E-state index in [4.69, 9.17) is 4.42 Å². The zero-order chi connectivity index (χ0) is 18.9. The molecular weight excluding hydrogens is 332 g/mol. The quantitative estimate of drug-likeness (QED) is 0.391. The summed E-state index contributed by atoms with van der Waals surface area (Å²) in [6, 6.07) is 17.4. The van der Waals surface area contributed by atoms with Crippen molar-refractivity contribution in [1.29, 1.82) is 0 Å². The second kappa shape index (κ2) is 5.53. The van der Waals surface area contributed by atoms with Crippen molar-refractivity contribution in [2.45, 2.75) is 33.9 Å². The molecule has 0 unspecified atom stereocenters. The number of rotatable bonds is 1. The van der Waals surface area contributed by atoms with E-state index >= 15 is 0 Å². The molecule has 1 aliphatic rings. The molecule has 3 heteroatoms. The van der Waals surface area contributed by atoms with Crippen molar-refractivity contribution in [3.63, 3.8) is 0 Å².